The molecule has 1 aliphatic rings. The number of hydrogen-bond acceptors (Lipinski definition) is 2. The maximum atomic E-state index is 12.3. The van der Waals surface area contributed by atoms with Gasteiger partial charge in [0.1, 0.15) is 5.82 Å². The zero-order valence-electron chi connectivity index (χ0n) is 9.97. The Labute approximate surface area is 106 Å². The molecule has 0 bridgehead atoms. The maximum absolute atomic E-state index is 12.3. The molecule has 1 saturated carbocycles. The molecule has 1 N–H and O–H groups in total. The number of anilines is 1. The lowest BCUT2D eigenvalue weighted by molar-refractivity contribution is -0.118. The van der Waals surface area contributed by atoms with Gasteiger partial charge in [-0.3, -0.25) is 4.79 Å². The highest BCUT2D eigenvalue weighted by atomic mass is 16.2. The Bertz CT molecular complexity index is 547. The number of nitrogens with zero attached hydrogens (tertiary/aromatic N) is 1. The monoisotopic (exact) mass is 238 g/mol. The van der Waals surface area contributed by atoms with Gasteiger partial charge in [-0.1, -0.05) is 36.4 Å². The Morgan fingerprint density at radius 3 is 2.39 bits per heavy atom. The summed E-state index contributed by atoms with van der Waals surface area (Å²) in [6.07, 6.45) is 3.50. The molecule has 0 unspecified atom stereocenters. The molecule has 3 rings (SSSR count). The summed E-state index contributed by atoms with van der Waals surface area (Å²) in [6, 6.07) is 15.5. The Balaban J connectivity index is 1.81. The van der Waals surface area contributed by atoms with Gasteiger partial charge in [-0.15, -0.1) is 0 Å². The highest BCUT2D eigenvalue weighted by molar-refractivity contribution is 6.00. The first kappa shape index (κ1) is 11.0. The predicted octanol–water partition coefficient (Wildman–Crippen LogP) is 2.75. The lowest BCUT2D eigenvalue weighted by Gasteiger charge is -2.15. The van der Waals surface area contributed by atoms with Crippen LogP contribution in [-0.4, -0.2) is 10.9 Å². The second-order valence-corrected chi connectivity index (χ2v) is 4.62. The summed E-state index contributed by atoms with van der Waals surface area (Å²) >= 11 is 0. The van der Waals surface area contributed by atoms with Crippen LogP contribution in [0, 0.1) is 0 Å². The number of aromatic nitrogens is 1. The third-order valence-corrected chi connectivity index (χ3v) is 3.42. The fraction of sp³-hybridized carbons (Fsp3) is 0.200. The van der Waals surface area contributed by atoms with Crippen molar-refractivity contribution in [2.75, 3.05) is 5.32 Å². The van der Waals surface area contributed by atoms with E-state index >= 15 is 0 Å². The topological polar surface area (TPSA) is 42.0 Å². The van der Waals surface area contributed by atoms with E-state index in [1.165, 1.54) is 0 Å². The highest BCUT2D eigenvalue weighted by Crippen LogP contribution is 2.48. The van der Waals surface area contributed by atoms with E-state index in [0.29, 0.717) is 5.82 Å². The molecule has 0 saturated heterocycles. The van der Waals surface area contributed by atoms with Gasteiger partial charge in [0.25, 0.3) is 0 Å². The van der Waals surface area contributed by atoms with Crippen molar-refractivity contribution in [3.8, 4) is 0 Å². The van der Waals surface area contributed by atoms with Crippen molar-refractivity contribution in [2.24, 2.45) is 0 Å². The van der Waals surface area contributed by atoms with Crippen LogP contribution in [0.5, 0.6) is 0 Å². The first-order valence-corrected chi connectivity index (χ1v) is 6.09. The quantitative estimate of drug-likeness (QED) is 0.893. The van der Waals surface area contributed by atoms with E-state index in [1.54, 1.807) is 12.3 Å². The molecule has 3 nitrogen and oxygen atoms in total. The van der Waals surface area contributed by atoms with Crippen LogP contribution in [0.3, 0.4) is 0 Å². The molecular weight excluding hydrogens is 224 g/mol. The van der Waals surface area contributed by atoms with Gasteiger partial charge in [0, 0.05) is 6.20 Å². The van der Waals surface area contributed by atoms with Gasteiger partial charge in [-0.2, -0.15) is 0 Å². The number of hydrogen-bond donors (Lipinski definition) is 1. The van der Waals surface area contributed by atoms with Crippen molar-refractivity contribution in [3.05, 3.63) is 60.3 Å². The van der Waals surface area contributed by atoms with Gasteiger partial charge in [0.2, 0.25) is 5.91 Å². The van der Waals surface area contributed by atoms with Gasteiger partial charge in [-0.25, -0.2) is 4.98 Å². The van der Waals surface area contributed by atoms with Gasteiger partial charge < -0.3 is 5.32 Å². The van der Waals surface area contributed by atoms with Gasteiger partial charge in [-0.05, 0) is 30.5 Å². The first-order valence-electron chi connectivity index (χ1n) is 6.09. The Morgan fingerprint density at radius 2 is 1.78 bits per heavy atom. The second kappa shape index (κ2) is 4.26. The molecule has 1 aromatic carbocycles. The van der Waals surface area contributed by atoms with Crippen LogP contribution in [-0.2, 0) is 10.2 Å². The second-order valence-electron chi connectivity index (χ2n) is 4.62. The smallest absolute Gasteiger partial charge is 0.236 e. The summed E-state index contributed by atoms with van der Waals surface area (Å²) in [6.45, 7) is 0. The Kier molecular flexibility index (Phi) is 2.59. The van der Waals surface area contributed by atoms with E-state index in [9.17, 15) is 4.79 Å². The fourth-order valence-corrected chi connectivity index (χ4v) is 2.20. The van der Waals surface area contributed by atoms with Crippen LogP contribution >= 0.6 is 0 Å². The third kappa shape index (κ3) is 1.88. The number of benzene rings is 1. The average Bonchev–Trinajstić information content (AvgIpc) is 3.22. The minimum Gasteiger partial charge on any atom is -0.310 e. The molecule has 18 heavy (non-hydrogen) atoms. The van der Waals surface area contributed by atoms with E-state index in [2.05, 4.69) is 10.3 Å². The Hall–Kier alpha value is -2.16. The molecular formula is C15H14N2O. The number of nitrogens with one attached hydrogen (secondary N) is 1. The molecule has 3 heteroatoms. The number of pyridine rings is 1. The van der Waals surface area contributed by atoms with Gasteiger partial charge in [0.05, 0.1) is 5.41 Å². The number of carbonyl (C=O) groups excluding carboxylic acids is 1. The van der Waals surface area contributed by atoms with Crippen LogP contribution in [0.1, 0.15) is 18.4 Å². The van der Waals surface area contributed by atoms with Crippen LogP contribution in [0.25, 0.3) is 0 Å². The van der Waals surface area contributed by atoms with Crippen molar-refractivity contribution in [1.29, 1.82) is 0 Å². The average molecular weight is 238 g/mol. The standard InChI is InChI=1S/C15H14N2O/c18-14(17-13-8-4-5-11-16-13)15(9-10-15)12-6-2-1-3-7-12/h1-8,11H,9-10H2,(H,16,17,18). The van der Waals surface area contributed by atoms with Crippen molar-refractivity contribution in [3.63, 3.8) is 0 Å². The lowest BCUT2D eigenvalue weighted by Crippen LogP contribution is -2.28. The van der Waals surface area contributed by atoms with Gasteiger partial charge in [0.15, 0.2) is 0 Å². The van der Waals surface area contributed by atoms with E-state index in [0.717, 1.165) is 18.4 Å². The molecule has 1 amide bonds. The van der Waals surface area contributed by atoms with Crippen LogP contribution in [0.4, 0.5) is 5.82 Å². The summed E-state index contributed by atoms with van der Waals surface area (Å²) < 4.78 is 0. The minimum absolute atomic E-state index is 0.0485. The number of amides is 1. The van der Waals surface area contributed by atoms with Crippen molar-refractivity contribution < 1.29 is 4.79 Å². The molecule has 0 spiro atoms. The molecule has 0 atom stereocenters. The number of rotatable bonds is 3. The molecule has 1 fully saturated rings. The summed E-state index contributed by atoms with van der Waals surface area (Å²) in [5.41, 5.74) is 0.761. The fourth-order valence-electron chi connectivity index (χ4n) is 2.20. The summed E-state index contributed by atoms with van der Waals surface area (Å²) in [7, 11) is 0. The third-order valence-electron chi connectivity index (χ3n) is 3.42. The SMILES string of the molecule is O=C(Nc1ccccn1)C1(c2ccccc2)CC1. The maximum Gasteiger partial charge on any atom is 0.236 e. The van der Waals surface area contributed by atoms with E-state index in [4.69, 9.17) is 0 Å². The molecule has 90 valence electrons. The van der Waals surface area contributed by atoms with E-state index in [-0.39, 0.29) is 11.3 Å². The van der Waals surface area contributed by atoms with Crippen LogP contribution in [0.15, 0.2) is 54.7 Å². The Morgan fingerprint density at radius 1 is 1.06 bits per heavy atom. The zero-order valence-corrected chi connectivity index (χ0v) is 9.97. The lowest BCUT2D eigenvalue weighted by atomic mass is 9.95. The minimum atomic E-state index is -0.335. The zero-order chi connectivity index (χ0) is 12.4. The summed E-state index contributed by atoms with van der Waals surface area (Å²) in [4.78, 5) is 16.5. The first-order chi connectivity index (χ1) is 8.81. The largest absolute Gasteiger partial charge is 0.310 e. The molecule has 1 aromatic heterocycles. The molecule has 0 aliphatic heterocycles. The van der Waals surface area contributed by atoms with E-state index in [1.807, 2.05) is 42.5 Å². The van der Waals surface area contributed by atoms with Crippen molar-refractivity contribution in [1.82, 2.24) is 4.98 Å². The van der Waals surface area contributed by atoms with Crippen molar-refractivity contribution >= 4 is 11.7 Å². The highest BCUT2D eigenvalue weighted by Gasteiger charge is 2.51. The summed E-state index contributed by atoms with van der Waals surface area (Å²) in [5.74, 6) is 0.664. The van der Waals surface area contributed by atoms with Crippen LogP contribution in [0.2, 0.25) is 0 Å². The molecule has 1 heterocycles. The predicted molar refractivity (Wildman–Crippen MR) is 70.2 cm³/mol. The summed E-state index contributed by atoms with van der Waals surface area (Å²) in [5, 5.41) is 2.89. The molecule has 2 aromatic rings. The molecule has 0 radical (unpaired) electrons. The van der Waals surface area contributed by atoms with E-state index < -0.39 is 0 Å². The van der Waals surface area contributed by atoms with Gasteiger partial charge >= 0.3 is 0 Å². The molecule has 1 aliphatic carbocycles. The number of carbonyl (C=O) groups is 1. The van der Waals surface area contributed by atoms with Crippen molar-refractivity contribution in [2.45, 2.75) is 18.3 Å². The van der Waals surface area contributed by atoms with Crippen LogP contribution < -0.4 is 5.32 Å². The normalized spacial score (nSPS) is 16.0.